The summed E-state index contributed by atoms with van der Waals surface area (Å²) >= 11 is 2.85. The monoisotopic (exact) mass is 246 g/mol. The van der Waals surface area contributed by atoms with Crippen LogP contribution in [0.15, 0.2) is 11.3 Å². The third-order valence-corrected chi connectivity index (χ3v) is 1.51. The van der Waals surface area contributed by atoms with Gasteiger partial charge in [-0.3, -0.25) is 0 Å². The minimum atomic E-state index is -0.749. The highest BCUT2D eigenvalue weighted by molar-refractivity contribution is 9.18. The lowest BCUT2D eigenvalue weighted by Crippen LogP contribution is -2.38. The number of rotatable bonds is 3. The molecule has 0 heterocycles. The van der Waals surface area contributed by atoms with Gasteiger partial charge in [0.25, 0.3) is 4.62 Å². The zero-order valence-corrected chi connectivity index (χ0v) is 8.59. The summed E-state index contributed by atoms with van der Waals surface area (Å²) in [6.45, 7) is 1.83. The summed E-state index contributed by atoms with van der Waals surface area (Å²) in [7, 11) is 0. The van der Waals surface area contributed by atoms with Crippen LogP contribution in [0.2, 0.25) is 0 Å². The Morgan fingerprint density at radius 1 is 1.77 bits per heavy atom. The number of ether oxygens (including phenoxy) is 1. The molecule has 0 aromatic rings. The molecule has 5 nitrogen and oxygen atoms in total. The van der Waals surface area contributed by atoms with E-state index in [1.54, 1.807) is 13.0 Å². The van der Waals surface area contributed by atoms with Crippen LogP contribution in [0.4, 0.5) is 0 Å². The predicted octanol–water partition coefficient (Wildman–Crippen LogP) is -1.16. The number of allylic oxidation sites excluding steroid dienone is 1. The van der Waals surface area contributed by atoms with Gasteiger partial charge >= 0.3 is 5.97 Å². The van der Waals surface area contributed by atoms with Crippen molar-refractivity contribution in [1.29, 1.82) is 5.26 Å². The van der Waals surface area contributed by atoms with Gasteiger partial charge in [0.15, 0.2) is 5.57 Å². The lowest BCUT2D eigenvalue weighted by molar-refractivity contribution is -0.138. The highest BCUT2D eigenvalue weighted by atomic mass is 79.9. The first-order valence-corrected chi connectivity index (χ1v) is 4.19. The van der Waals surface area contributed by atoms with Gasteiger partial charge in [-0.15, -0.1) is 0 Å². The van der Waals surface area contributed by atoms with Gasteiger partial charge in [-0.25, -0.2) is 10.2 Å². The van der Waals surface area contributed by atoms with E-state index in [-0.39, 0.29) is 22.5 Å². The van der Waals surface area contributed by atoms with Crippen molar-refractivity contribution in [1.82, 2.24) is 0 Å². The SMILES string of the molecule is CCOC(=O)/C(N)=C(\C#N)C(=[NH2+])Br. The maximum absolute atomic E-state index is 11.0. The number of hydrogen-bond acceptors (Lipinski definition) is 4. The van der Waals surface area contributed by atoms with Gasteiger partial charge in [-0.1, -0.05) is 0 Å². The molecule has 0 aliphatic rings. The van der Waals surface area contributed by atoms with Gasteiger partial charge in [-0.2, -0.15) is 5.26 Å². The molecule has 0 aromatic heterocycles. The summed E-state index contributed by atoms with van der Waals surface area (Å²) in [5.41, 5.74) is 4.91. The molecule has 0 spiro atoms. The van der Waals surface area contributed by atoms with Crippen LogP contribution in [0.1, 0.15) is 6.92 Å². The van der Waals surface area contributed by atoms with Crippen molar-refractivity contribution in [2.45, 2.75) is 6.92 Å². The van der Waals surface area contributed by atoms with E-state index >= 15 is 0 Å². The molecule has 4 N–H and O–H groups in total. The molecule has 0 atom stereocenters. The van der Waals surface area contributed by atoms with E-state index in [0.717, 1.165) is 0 Å². The van der Waals surface area contributed by atoms with Crippen molar-refractivity contribution in [2.24, 2.45) is 5.73 Å². The average Bonchev–Trinajstić information content (AvgIpc) is 2.05. The fourth-order valence-electron chi connectivity index (χ4n) is 0.553. The third-order valence-electron chi connectivity index (χ3n) is 1.12. The molecule has 0 unspecified atom stereocenters. The number of nitrogens with zero attached hydrogens (tertiary/aromatic N) is 1. The van der Waals surface area contributed by atoms with E-state index in [1.807, 2.05) is 0 Å². The fraction of sp³-hybridized carbons (Fsp3) is 0.286. The molecule has 0 aliphatic carbocycles. The smallest absolute Gasteiger partial charge is 0.355 e. The summed E-state index contributed by atoms with van der Waals surface area (Å²) in [5.74, 6) is -0.749. The van der Waals surface area contributed by atoms with E-state index in [0.29, 0.717) is 0 Å². The quantitative estimate of drug-likeness (QED) is 0.284. The molecule has 6 heteroatoms. The topological polar surface area (TPSA) is 102 Å². The highest BCUT2D eigenvalue weighted by Crippen LogP contribution is 2.04. The first kappa shape index (κ1) is 11.6. The van der Waals surface area contributed by atoms with Gasteiger partial charge in [0, 0.05) is 15.9 Å². The Hall–Kier alpha value is -1.35. The summed E-state index contributed by atoms with van der Waals surface area (Å²) in [6, 6.07) is 1.69. The fourth-order valence-corrected chi connectivity index (χ4v) is 0.855. The molecule has 70 valence electrons. The Balaban J connectivity index is 4.89. The number of nitrogens with two attached hydrogens (primary N) is 2. The minimum absolute atomic E-state index is 0.0144. The van der Waals surface area contributed by atoms with Crippen molar-refractivity contribution in [3.63, 3.8) is 0 Å². The largest absolute Gasteiger partial charge is 0.461 e. The van der Waals surface area contributed by atoms with Crippen LogP contribution in [0.3, 0.4) is 0 Å². The zero-order chi connectivity index (χ0) is 10.4. The van der Waals surface area contributed by atoms with Crippen LogP contribution >= 0.6 is 15.9 Å². The van der Waals surface area contributed by atoms with E-state index in [1.165, 1.54) is 0 Å². The Kier molecular flexibility index (Phi) is 4.77. The molecule has 0 bridgehead atoms. The standard InChI is InChI=1S/C7H8BrN3O2/c1-2-13-7(12)5(10)4(3-9)6(8)11/h11H,2,10H2,1H3/p+1/b5-4-,11-6?. The molecule has 0 saturated heterocycles. The van der Waals surface area contributed by atoms with Crippen molar-refractivity contribution >= 4 is 26.5 Å². The summed E-state index contributed by atoms with van der Waals surface area (Å²) in [5, 5.41) is 13.8. The number of carbonyl (C=O) groups is 1. The van der Waals surface area contributed by atoms with Gasteiger partial charge in [0.1, 0.15) is 11.8 Å². The molecule has 13 heavy (non-hydrogen) atoms. The Morgan fingerprint density at radius 3 is 2.62 bits per heavy atom. The Morgan fingerprint density at radius 2 is 2.31 bits per heavy atom. The lowest BCUT2D eigenvalue weighted by Gasteiger charge is -2.00. The normalized spacial score (nSPS) is 11.2. The lowest BCUT2D eigenvalue weighted by atomic mass is 10.2. The minimum Gasteiger partial charge on any atom is -0.461 e. The molecule has 0 aromatic carbocycles. The Labute approximate surface area is 83.8 Å². The summed E-state index contributed by atoms with van der Waals surface area (Å²) in [4.78, 5) is 11.0. The zero-order valence-electron chi connectivity index (χ0n) is 7.00. The van der Waals surface area contributed by atoms with E-state index in [2.05, 4.69) is 20.7 Å². The van der Waals surface area contributed by atoms with Crippen molar-refractivity contribution in [3.8, 4) is 6.07 Å². The van der Waals surface area contributed by atoms with Crippen LogP contribution in [0.5, 0.6) is 0 Å². The van der Waals surface area contributed by atoms with Crippen molar-refractivity contribution in [3.05, 3.63) is 11.3 Å². The first-order chi connectivity index (χ1) is 6.04. The number of esters is 1. The van der Waals surface area contributed by atoms with E-state index < -0.39 is 5.97 Å². The highest BCUT2D eigenvalue weighted by Gasteiger charge is 2.18. The van der Waals surface area contributed by atoms with E-state index in [4.69, 9.17) is 16.4 Å². The second-order valence-electron chi connectivity index (χ2n) is 1.97. The molecule has 0 amide bonds. The van der Waals surface area contributed by atoms with Gasteiger partial charge < -0.3 is 10.5 Å². The van der Waals surface area contributed by atoms with Crippen LogP contribution < -0.4 is 11.1 Å². The van der Waals surface area contributed by atoms with Gasteiger partial charge in [0.05, 0.1) is 6.61 Å². The van der Waals surface area contributed by atoms with E-state index in [9.17, 15) is 4.79 Å². The maximum atomic E-state index is 11.0. The first-order valence-electron chi connectivity index (χ1n) is 3.39. The van der Waals surface area contributed by atoms with Crippen molar-refractivity contribution < 1.29 is 14.9 Å². The average molecular weight is 247 g/mol. The predicted molar refractivity (Wildman–Crippen MR) is 49.3 cm³/mol. The third kappa shape index (κ3) is 3.25. The second-order valence-corrected chi connectivity index (χ2v) is 2.82. The number of hydrogen-bond donors (Lipinski definition) is 2. The van der Waals surface area contributed by atoms with Crippen LogP contribution in [0, 0.1) is 11.3 Å². The maximum Gasteiger partial charge on any atom is 0.355 e. The van der Waals surface area contributed by atoms with Crippen molar-refractivity contribution in [2.75, 3.05) is 6.61 Å². The summed E-state index contributed by atoms with van der Waals surface area (Å²) < 4.78 is 4.59. The molecule has 0 saturated carbocycles. The number of nitriles is 1. The van der Waals surface area contributed by atoms with Crippen LogP contribution in [-0.4, -0.2) is 17.2 Å². The van der Waals surface area contributed by atoms with Gasteiger partial charge in [-0.05, 0) is 6.92 Å². The number of halogens is 1. The molecule has 0 aliphatic heterocycles. The molecule has 0 rings (SSSR count). The molecular formula is C7H9BrN3O2+. The van der Waals surface area contributed by atoms with Gasteiger partial charge in [0.2, 0.25) is 0 Å². The second kappa shape index (κ2) is 5.32. The molecular weight excluding hydrogens is 238 g/mol. The van der Waals surface area contributed by atoms with Crippen LogP contribution in [0.25, 0.3) is 0 Å². The molecule has 0 fully saturated rings. The number of carbonyl (C=O) groups excluding carboxylic acids is 1. The summed E-state index contributed by atoms with van der Waals surface area (Å²) in [6.07, 6.45) is 0. The molecule has 0 radical (unpaired) electrons. The Bertz CT molecular complexity index is 303. The van der Waals surface area contributed by atoms with Crippen LogP contribution in [-0.2, 0) is 9.53 Å².